The van der Waals surface area contributed by atoms with Crippen molar-refractivity contribution in [3.63, 3.8) is 0 Å². The van der Waals surface area contributed by atoms with Gasteiger partial charge in [-0.25, -0.2) is 0 Å². The highest BCUT2D eigenvalue weighted by Crippen LogP contribution is 2.30. The molecule has 4 nitrogen and oxygen atoms in total. The van der Waals surface area contributed by atoms with Gasteiger partial charge in [0.2, 0.25) is 0 Å². The monoisotopic (exact) mass is 240 g/mol. The van der Waals surface area contributed by atoms with Gasteiger partial charge in [-0.05, 0) is 26.7 Å². The fourth-order valence-corrected chi connectivity index (χ4v) is 2.40. The van der Waals surface area contributed by atoms with Gasteiger partial charge in [-0.15, -0.1) is 0 Å². The molecule has 1 aliphatic rings. The molecule has 0 heterocycles. The van der Waals surface area contributed by atoms with Crippen molar-refractivity contribution in [2.75, 3.05) is 6.61 Å². The third-order valence-electron chi connectivity index (χ3n) is 3.16. The number of rotatable bonds is 5. The fourth-order valence-electron chi connectivity index (χ4n) is 2.40. The number of ether oxygens (including phenoxy) is 1. The van der Waals surface area contributed by atoms with Crippen LogP contribution in [0.4, 0.5) is 0 Å². The average molecular weight is 240 g/mol. The lowest BCUT2D eigenvalue weighted by Gasteiger charge is -2.26. The first kappa shape index (κ1) is 13.9. The summed E-state index contributed by atoms with van der Waals surface area (Å²) in [5.41, 5.74) is 0. The third kappa shape index (κ3) is 4.29. The number of hydrogen-bond donors (Lipinski definition) is 0. The molecule has 0 amide bonds. The van der Waals surface area contributed by atoms with Crippen LogP contribution in [-0.4, -0.2) is 24.1 Å². The molecule has 0 aromatic rings. The van der Waals surface area contributed by atoms with Crippen molar-refractivity contribution in [3.05, 3.63) is 0 Å². The van der Waals surface area contributed by atoms with Gasteiger partial charge in [0.1, 0.15) is 11.6 Å². The van der Waals surface area contributed by atoms with Crippen molar-refractivity contribution >= 4 is 17.5 Å². The highest BCUT2D eigenvalue weighted by molar-refractivity contribution is 5.91. The first-order valence-corrected chi connectivity index (χ1v) is 6.23. The minimum Gasteiger partial charge on any atom is -0.466 e. The molecule has 1 saturated carbocycles. The first-order valence-electron chi connectivity index (χ1n) is 6.23. The van der Waals surface area contributed by atoms with E-state index < -0.39 is 0 Å². The molecule has 0 radical (unpaired) electrons. The molecule has 0 saturated heterocycles. The van der Waals surface area contributed by atoms with Crippen LogP contribution in [0.2, 0.25) is 0 Å². The summed E-state index contributed by atoms with van der Waals surface area (Å²) in [4.78, 5) is 34.4. The Kier molecular flexibility index (Phi) is 5.32. The van der Waals surface area contributed by atoms with Crippen LogP contribution in [0.5, 0.6) is 0 Å². The largest absolute Gasteiger partial charge is 0.466 e. The Labute approximate surface area is 102 Å². The van der Waals surface area contributed by atoms with E-state index in [0.717, 1.165) is 19.3 Å². The second-order valence-electron chi connectivity index (χ2n) is 4.64. The van der Waals surface area contributed by atoms with Crippen molar-refractivity contribution in [3.8, 4) is 0 Å². The lowest BCUT2D eigenvalue weighted by Crippen LogP contribution is -2.31. The quantitative estimate of drug-likeness (QED) is 0.689. The summed E-state index contributed by atoms with van der Waals surface area (Å²) in [5, 5.41) is 0. The van der Waals surface area contributed by atoms with Gasteiger partial charge in [0.05, 0.1) is 13.0 Å². The SMILES string of the molecule is CCOC(=O)C[C@@H]1CCC[C@@H](CC(C)=O)C1=O. The van der Waals surface area contributed by atoms with Gasteiger partial charge in [-0.2, -0.15) is 0 Å². The maximum atomic E-state index is 12.0. The second kappa shape index (κ2) is 6.52. The molecule has 2 atom stereocenters. The van der Waals surface area contributed by atoms with Crippen molar-refractivity contribution in [1.29, 1.82) is 0 Å². The molecule has 1 aliphatic carbocycles. The van der Waals surface area contributed by atoms with Crippen LogP contribution < -0.4 is 0 Å². The van der Waals surface area contributed by atoms with Crippen LogP contribution in [0.15, 0.2) is 0 Å². The Hall–Kier alpha value is -1.19. The number of ketones is 2. The Balaban J connectivity index is 2.53. The van der Waals surface area contributed by atoms with Gasteiger partial charge in [0.15, 0.2) is 0 Å². The molecule has 0 aromatic carbocycles. The average Bonchev–Trinajstić information content (AvgIpc) is 2.23. The van der Waals surface area contributed by atoms with E-state index in [2.05, 4.69) is 0 Å². The van der Waals surface area contributed by atoms with E-state index in [9.17, 15) is 14.4 Å². The first-order chi connectivity index (χ1) is 8.04. The Morgan fingerprint density at radius 1 is 1.24 bits per heavy atom. The van der Waals surface area contributed by atoms with Crippen LogP contribution >= 0.6 is 0 Å². The Morgan fingerprint density at radius 2 is 1.82 bits per heavy atom. The highest BCUT2D eigenvalue weighted by atomic mass is 16.5. The second-order valence-corrected chi connectivity index (χ2v) is 4.64. The summed E-state index contributed by atoms with van der Waals surface area (Å²) in [5.74, 6) is -0.623. The maximum absolute atomic E-state index is 12.0. The summed E-state index contributed by atoms with van der Waals surface area (Å²) in [6.07, 6.45) is 2.91. The van der Waals surface area contributed by atoms with E-state index >= 15 is 0 Å². The van der Waals surface area contributed by atoms with Crippen LogP contribution in [0.3, 0.4) is 0 Å². The molecule has 17 heavy (non-hydrogen) atoms. The Bertz CT molecular complexity index is 309. The molecule has 0 bridgehead atoms. The molecule has 1 rings (SSSR count). The summed E-state index contributed by atoms with van der Waals surface area (Å²) < 4.78 is 4.85. The summed E-state index contributed by atoms with van der Waals surface area (Å²) in [7, 11) is 0. The van der Waals surface area contributed by atoms with E-state index in [1.165, 1.54) is 6.92 Å². The molecule has 96 valence electrons. The lowest BCUT2D eigenvalue weighted by atomic mass is 9.77. The molecule has 4 heteroatoms. The number of Topliss-reactive ketones (excluding diaryl/α,β-unsaturated/α-hetero) is 2. The zero-order valence-corrected chi connectivity index (χ0v) is 10.5. The van der Waals surface area contributed by atoms with Gasteiger partial charge >= 0.3 is 5.97 Å². The van der Waals surface area contributed by atoms with Gasteiger partial charge in [-0.3, -0.25) is 9.59 Å². The third-order valence-corrected chi connectivity index (χ3v) is 3.16. The minimum absolute atomic E-state index is 0.0418. The predicted molar refractivity (Wildman–Crippen MR) is 62.4 cm³/mol. The van der Waals surface area contributed by atoms with Crippen molar-refractivity contribution in [2.24, 2.45) is 11.8 Å². The molecule has 0 unspecified atom stereocenters. The molecule has 1 fully saturated rings. The smallest absolute Gasteiger partial charge is 0.306 e. The van der Waals surface area contributed by atoms with Crippen LogP contribution in [0.25, 0.3) is 0 Å². The number of hydrogen-bond acceptors (Lipinski definition) is 4. The van der Waals surface area contributed by atoms with Gasteiger partial charge in [0, 0.05) is 18.3 Å². The number of carbonyl (C=O) groups excluding carboxylic acids is 3. The molecule has 0 aliphatic heterocycles. The maximum Gasteiger partial charge on any atom is 0.306 e. The van der Waals surface area contributed by atoms with Gasteiger partial charge in [0.25, 0.3) is 0 Å². The number of carbonyl (C=O) groups is 3. The van der Waals surface area contributed by atoms with E-state index in [1.807, 2.05) is 0 Å². The normalized spacial score (nSPS) is 24.5. The van der Waals surface area contributed by atoms with Gasteiger partial charge < -0.3 is 9.53 Å². The van der Waals surface area contributed by atoms with E-state index in [1.54, 1.807) is 6.92 Å². The molecule has 0 spiro atoms. The lowest BCUT2D eigenvalue weighted by molar-refractivity contribution is -0.147. The zero-order chi connectivity index (χ0) is 12.8. The zero-order valence-electron chi connectivity index (χ0n) is 10.5. The minimum atomic E-state index is -0.311. The fraction of sp³-hybridized carbons (Fsp3) is 0.769. The van der Waals surface area contributed by atoms with Crippen molar-refractivity contribution in [2.45, 2.75) is 46.0 Å². The van der Waals surface area contributed by atoms with Crippen LogP contribution in [-0.2, 0) is 19.1 Å². The highest BCUT2D eigenvalue weighted by Gasteiger charge is 2.33. The Morgan fingerprint density at radius 3 is 2.35 bits per heavy atom. The summed E-state index contributed by atoms with van der Waals surface area (Å²) >= 11 is 0. The summed E-state index contributed by atoms with van der Waals surface area (Å²) in [6.45, 7) is 3.60. The van der Waals surface area contributed by atoms with E-state index in [-0.39, 0.29) is 35.8 Å². The van der Waals surface area contributed by atoms with E-state index in [4.69, 9.17) is 4.74 Å². The number of esters is 1. The molecule has 0 N–H and O–H groups in total. The van der Waals surface area contributed by atoms with Crippen LogP contribution in [0.1, 0.15) is 46.0 Å². The van der Waals surface area contributed by atoms with Crippen molar-refractivity contribution < 1.29 is 19.1 Å². The van der Waals surface area contributed by atoms with E-state index in [0.29, 0.717) is 13.0 Å². The van der Waals surface area contributed by atoms with Crippen LogP contribution in [0, 0.1) is 11.8 Å². The molecule has 0 aromatic heterocycles. The topological polar surface area (TPSA) is 60.4 Å². The van der Waals surface area contributed by atoms with Crippen molar-refractivity contribution in [1.82, 2.24) is 0 Å². The molecular formula is C13H20O4. The predicted octanol–water partition coefficient (Wildman–Crippen LogP) is 1.90. The molecular weight excluding hydrogens is 220 g/mol. The van der Waals surface area contributed by atoms with Gasteiger partial charge in [-0.1, -0.05) is 6.42 Å². The summed E-state index contributed by atoms with van der Waals surface area (Å²) in [6, 6.07) is 0. The standard InChI is InChI=1S/C13H20O4/c1-3-17-12(15)8-11-6-4-5-10(13(11)16)7-9(2)14/h10-11H,3-8H2,1-2H3/t10-,11-/m0/s1.